The number of hydrogen-bond donors (Lipinski definition) is 1. The van der Waals surface area contributed by atoms with Crippen LogP contribution in [0.4, 0.5) is 16.5 Å². The highest BCUT2D eigenvalue weighted by Gasteiger charge is 2.26. The Balaban J connectivity index is 1.73. The van der Waals surface area contributed by atoms with Gasteiger partial charge in [0.25, 0.3) is 11.6 Å². The molecule has 1 saturated heterocycles. The molecule has 1 aromatic carbocycles. The molecule has 2 heterocycles. The SMILES string of the molecule is CCCCc1nnc(NC(=O)c2ccc(N3CCN(C(C)=O)CC3)c([N+](=O)[O-])c2)s1. The number of carbonyl (C=O) groups excluding carboxylic acids is 2. The van der Waals surface area contributed by atoms with Crippen molar-refractivity contribution in [2.24, 2.45) is 0 Å². The zero-order valence-electron chi connectivity index (χ0n) is 17.0. The van der Waals surface area contributed by atoms with Gasteiger partial charge in [0.1, 0.15) is 10.7 Å². The van der Waals surface area contributed by atoms with Crippen molar-refractivity contribution >= 4 is 39.7 Å². The minimum atomic E-state index is -0.489. The van der Waals surface area contributed by atoms with Gasteiger partial charge in [-0.25, -0.2) is 0 Å². The second-order valence-electron chi connectivity index (χ2n) is 7.01. The Hall–Kier alpha value is -3.08. The third kappa shape index (κ3) is 5.09. The Kier molecular flexibility index (Phi) is 6.93. The first kappa shape index (κ1) is 21.6. The first-order valence-corrected chi connectivity index (χ1v) is 10.6. The lowest BCUT2D eigenvalue weighted by atomic mass is 10.1. The van der Waals surface area contributed by atoms with E-state index in [2.05, 4.69) is 22.4 Å². The summed E-state index contributed by atoms with van der Waals surface area (Å²) in [5.41, 5.74) is 0.482. The third-order valence-electron chi connectivity index (χ3n) is 4.93. The smallest absolute Gasteiger partial charge is 0.293 e. The average molecular weight is 433 g/mol. The van der Waals surface area contributed by atoms with E-state index in [4.69, 9.17) is 0 Å². The van der Waals surface area contributed by atoms with Crippen molar-refractivity contribution in [1.29, 1.82) is 0 Å². The number of anilines is 2. The first-order valence-electron chi connectivity index (χ1n) is 9.81. The standard InChI is InChI=1S/C19H24N6O4S/c1-3-4-5-17-21-22-19(30-17)20-18(27)14-6-7-15(16(12-14)25(28)29)24-10-8-23(9-11-24)13(2)26/h6-7,12H,3-5,8-11H2,1-2H3,(H,20,22,27). The number of aromatic nitrogens is 2. The number of rotatable bonds is 7. The van der Waals surface area contributed by atoms with Gasteiger partial charge in [0.15, 0.2) is 0 Å². The van der Waals surface area contributed by atoms with Crippen molar-refractivity contribution in [2.45, 2.75) is 33.1 Å². The van der Waals surface area contributed by atoms with Crippen LogP contribution < -0.4 is 10.2 Å². The summed E-state index contributed by atoms with van der Waals surface area (Å²) in [7, 11) is 0. The molecule has 160 valence electrons. The Labute approximate surface area is 178 Å². The Morgan fingerprint density at radius 2 is 1.97 bits per heavy atom. The molecule has 2 aromatic rings. The van der Waals surface area contributed by atoms with Crippen LogP contribution in [0, 0.1) is 10.1 Å². The van der Waals surface area contributed by atoms with Gasteiger partial charge in [0.2, 0.25) is 11.0 Å². The van der Waals surface area contributed by atoms with E-state index in [1.807, 2.05) is 4.90 Å². The highest BCUT2D eigenvalue weighted by Crippen LogP contribution is 2.30. The maximum Gasteiger partial charge on any atom is 0.293 e. The Morgan fingerprint density at radius 1 is 1.23 bits per heavy atom. The summed E-state index contributed by atoms with van der Waals surface area (Å²) in [6, 6.07) is 4.43. The maximum absolute atomic E-state index is 12.6. The number of piperazine rings is 1. The normalized spacial score (nSPS) is 13.9. The molecule has 0 radical (unpaired) electrons. The predicted octanol–water partition coefficient (Wildman–Crippen LogP) is 2.71. The molecule has 0 bridgehead atoms. The molecule has 11 heteroatoms. The zero-order valence-corrected chi connectivity index (χ0v) is 17.8. The molecule has 0 unspecified atom stereocenters. The number of unbranched alkanes of at least 4 members (excludes halogenated alkanes) is 1. The van der Waals surface area contributed by atoms with Gasteiger partial charge in [-0.15, -0.1) is 10.2 Å². The number of nitro benzene ring substituents is 1. The molecule has 0 atom stereocenters. The van der Waals surface area contributed by atoms with E-state index in [0.29, 0.717) is 37.0 Å². The number of hydrogen-bond acceptors (Lipinski definition) is 8. The first-order chi connectivity index (χ1) is 14.4. The van der Waals surface area contributed by atoms with Crippen LogP contribution in [-0.4, -0.2) is 58.0 Å². The fourth-order valence-electron chi connectivity index (χ4n) is 3.24. The van der Waals surface area contributed by atoms with E-state index >= 15 is 0 Å². The van der Waals surface area contributed by atoms with E-state index < -0.39 is 10.8 Å². The summed E-state index contributed by atoms with van der Waals surface area (Å²) in [5.74, 6) is -0.477. The molecule has 3 rings (SSSR count). The van der Waals surface area contributed by atoms with E-state index in [0.717, 1.165) is 24.3 Å². The van der Waals surface area contributed by atoms with E-state index in [9.17, 15) is 19.7 Å². The van der Waals surface area contributed by atoms with Crippen LogP contribution in [0.2, 0.25) is 0 Å². The van der Waals surface area contributed by atoms with Crippen LogP contribution in [-0.2, 0) is 11.2 Å². The topological polar surface area (TPSA) is 122 Å². The summed E-state index contributed by atoms with van der Waals surface area (Å²) in [6.07, 6.45) is 2.85. The molecule has 0 aliphatic carbocycles. The summed E-state index contributed by atoms with van der Waals surface area (Å²) in [6.45, 7) is 5.60. The minimum absolute atomic E-state index is 0.00861. The predicted molar refractivity (Wildman–Crippen MR) is 114 cm³/mol. The van der Waals surface area contributed by atoms with Crippen LogP contribution in [0.5, 0.6) is 0 Å². The Bertz CT molecular complexity index is 939. The molecule has 1 aliphatic heterocycles. The van der Waals surface area contributed by atoms with E-state index in [-0.39, 0.29) is 17.2 Å². The van der Waals surface area contributed by atoms with Gasteiger partial charge < -0.3 is 9.80 Å². The fourth-order valence-corrected chi connectivity index (χ4v) is 4.02. The molecule has 0 spiro atoms. The molecule has 1 fully saturated rings. The summed E-state index contributed by atoms with van der Waals surface area (Å²) in [4.78, 5) is 38.8. The van der Waals surface area contributed by atoms with Gasteiger partial charge in [-0.05, 0) is 18.6 Å². The van der Waals surface area contributed by atoms with Crippen LogP contribution in [0.25, 0.3) is 0 Å². The fraction of sp³-hybridized carbons (Fsp3) is 0.474. The van der Waals surface area contributed by atoms with Crippen molar-refractivity contribution < 1.29 is 14.5 Å². The molecular weight excluding hydrogens is 408 g/mol. The van der Waals surface area contributed by atoms with Crippen LogP contribution >= 0.6 is 11.3 Å². The van der Waals surface area contributed by atoms with Crippen LogP contribution in [0.3, 0.4) is 0 Å². The minimum Gasteiger partial charge on any atom is -0.362 e. The van der Waals surface area contributed by atoms with Gasteiger partial charge in [0, 0.05) is 51.2 Å². The highest BCUT2D eigenvalue weighted by molar-refractivity contribution is 7.15. The van der Waals surface area contributed by atoms with Crippen molar-refractivity contribution in [1.82, 2.24) is 15.1 Å². The molecule has 1 N–H and O–H groups in total. The molecule has 10 nitrogen and oxygen atoms in total. The van der Waals surface area contributed by atoms with Gasteiger partial charge >= 0.3 is 0 Å². The molecule has 1 aromatic heterocycles. The lowest BCUT2D eigenvalue weighted by Gasteiger charge is -2.35. The van der Waals surface area contributed by atoms with Crippen molar-refractivity contribution in [3.8, 4) is 0 Å². The Morgan fingerprint density at radius 3 is 2.60 bits per heavy atom. The highest BCUT2D eigenvalue weighted by atomic mass is 32.1. The largest absolute Gasteiger partial charge is 0.362 e. The number of nitrogens with zero attached hydrogens (tertiary/aromatic N) is 5. The van der Waals surface area contributed by atoms with Gasteiger partial charge in [-0.2, -0.15) is 0 Å². The number of nitrogens with one attached hydrogen (secondary N) is 1. The molecular formula is C19H24N6O4S. The quantitative estimate of drug-likeness (QED) is 0.527. The number of aryl methyl sites for hydroxylation is 1. The van der Waals surface area contributed by atoms with Crippen LogP contribution in [0.1, 0.15) is 42.1 Å². The van der Waals surface area contributed by atoms with E-state index in [1.165, 1.54) is 24.3 Å². The number of amides is 2. The summed E-state index contributed by atoms with van der Waals surface area (Å²) in [5, 5.41) is 23.5. The van der Waals surface area contributed by atoms with Crippen molar-refractivity contribution in [2.75, 3.05) is 36.4 Å². The summed E-state index contributed by atoms with van der Waals surface area (Å²) >= 11 is 1.31. The number of nitro groups is 1. The van der Waals surface area contributed by atoms with Crippen molar-refractivity contribution in [3.05, 3.63) is 38.9 Å². The lowest BCUT2D eigenvalue weighted by molar-refractivity contribution is -0.384. The zero-order chi connectivity index (χ0) is 21.7. The molecule has 30 heavy (non-hydrogen) atoms. The van der Waals surface area contributed by atoms with E-state index in [1.54, 1.807) is 17.0 Å². The lowest BCUT2D eigenvalue weighted by Crippen LogP contribution is -2.48. The summed E-state index contributed by atoms with van der Waals surface area (Å²) < 4.78 is 0. The van der Waals surface area contributed by atoms with Gasteiger partial charge in [-0.3, -0.25) is 25.0 Å². The maximum atomic E-state index is 12.6. The van der Waals surface area contributed by atoms with Gasteiger partial charge in [0.05, 0.1) is 4.92 Å². The monoisotopic (exact) mass is 432 g/mol. The van der Waals surface area contributed by atoms with Crippen LogP contribution in [0.15, 0.2) is 18.2 Å². The average Bonchev–Trinajstić information content (AvgIpc) is 3.19. The number of carbonyl (C=O) groups is 2. The second-order valence-corrected chi connectivity index (χ2v) is 8.07. The molecule has 2 amide bonds. The number of benzene rings is 1. The molecule has 0 saturated carbocycles. The second kappa shape index (κ2) is 9.61. The van der Waals surface area contributed by atoms with Crippen molar-refractivity contribution in [3.63, 3.8) is 0 Å². The third-order valence-corrected chi connectivity index (χ3v) is 5.83. The molecule has 1 aliphatic rings. The van der Waals surface area contributed by atoms with Gasteiger partial charge in [-0.1, -0.05) is 24.7 Å².